The second-order valence-electron chi connectivity index (χ2n) is 3.37. The van der Waals surface area contributed by atoms with Gasteiger partial charge in [0.25, 0.3) is 0 Å². The minimum Gasteiger partial charge on any atom is -0.465 e. The summed E-state index contributed by atoms with van der Waals surface area (Å²) in [5.74, 6) is -0.420. The van der Waals surface area contributed by atoms with Crippen molar-refractivity contribution in [1.82, 2.24) is 4.57 Å². The van der Waals surface area contributed by atoms with Crippen LogP contribution in [0.15, 0.2) is 41.1 Å². The van der Waals surface area contributed by atoms with Gasteiger partial charge in [0.05, 0.1) is 18.4 Å². The third-order valence-electron chi connectivity index (χ3n) is 2.30. The van der Waals surface area contributed by atoms with E-state index >= 15 is 0 Å². The van der Waals surface area contributed by atoms with E-state index in [9.17, 15) is 4.79 Å². The first-order valence-electron chi connectivity index (χ1n) is 4.84. The molecule has 5 heteroatoms. The SMILES string of the molecule is COC(=O)c1cc(Cl)cc(Br)c1-n1cccc1. The molecule has 1 aromatic carbocycles. The highest BCUT2D eigenvalue weighted by atomic mass is 79.9. The lowest BCUT2D eigenvalue weighted by atomic mass is 10.2. The Morgan fingerprint density at radius 2 is 2.00 bits per heavy atom. The van der Waals surface area contributed by atoms with Gasteiger partial charge in [-0.15, -0.1) is 0 Å². The highest BCUT2D eigenvalue weighted by molar-refractivity contribution is 9.10. The fourth-order valence-corrected chi connectivity index (χ4v) is 2.59. The van der Waals surface area contributed by atoms with Crippen LogP contribution in [0, 0.1) is 0 Å². The number of hydrogen-bond acceptors (Lipinski definition) is 2. The molecule has 0 N–H and O–H groups in total. The number of aromatic nitrogens is 1. The molecule has 17 heavy (non-hydrogen) atoms. The number of benzene rings is 1. The van der Waals surface area contributed by atoms with E-state index in [0.29, 0.717) is 16.3 Å². The Hall–Kier alpha value is -1.26. The number of hydrogen-bond donors (Lipinski definition) is 0. The summed E-state index contributed by atoms with van der Waals surface area (Å²) in [6.07, 6.45) is 3.70. The van der Waals surface area contributed by atoms with Gasteiger partial charge in [-0.25, -0.2) is 4.79 Å². The van der Waals surface area contributed by atoms with E-state index in [1.54, 1.807) is 12.1 Å². The Labute approximate surface area is 112 Å². The number of halogens is 2. The number of ether oxygens (including phenoxy) is 1. The van der Waals surface area contributed by atoms with Gasteiger partial charge in [-0.2, -0.15) is 0 Å². The zero-order valence-corrected chi connectivity index (χ0v) is 11.3. The molecule has 3 nitrogen and oxygen atoms in total. The summed E-state index contributed by atoms with van der Waals surface area (Å²) in [7, 11) is 1.34. The molecule has 0 saturated carbocycles. The molecule has 1 aromatic heterocycles. The average Bonchev–Trinajstić information content (AvgIpc) is 2.80. The van der Waals surface area contributed by atoms with Crippen LogP contribution in [0.25, 0.3) is 5.69 Å². The molecule has 1 heterocycles. The van der Waals surface area contributed by atoms with Gasteiger partial charge < -0.3 is 9.30 Å². The van der Waals surface area contributed by atoms with Crippen molar-refractivity contribution in [2.75, 3.05) is 7.11 Å². The maximum absolute atomic E-state index is 11.7. The van der Waals surface area contributed by atoms with Crippen molar-refractivity contribution in [2.45, 2.75) is 0 Å². The number of methoxy groups -OCH3 is 1. The van der Waals surface area contributed by atoms with Crippen LogP contribution in [0.3, 0.4) is 0 Å². The van der Waals surface area contributed by atoms with Gasteiger partial charge in [0.15, 0.2) is 0 Å². The van der Waals surface area contributed by atoms with E-state index in [4.69, 9.17) is 16.3 Å². The van der Waals surface area contributed by atoms with Gasteiger partial charge >= 0.3 is 5.97 Å². The number of carbonyl (C=O) groups excluding carboxylic acids is 1. The van der Waals surface area contributed by atoms with Gasteiger partial charge in [-0.3, -0.25) is 0 Å². The van der Waals surface area contributed by atoms with Crippen LogP contribution in [0.2, 0.25) is 5.02 Å². The molecule has 0 aliphatic rings. The standard InChI is InChI=1S/C12H9BrClNO2/c1-17-12(16)9-6-8(14)7-10(13)11(9)15-4-2-3-5-15/h2-7H,1H3. The molecule has 0 aliphatic heterocycles. The van der Waals surface area contributed by atoms with Crippen LogP contribution in [-0.2, 0) is 4.74 Å². The first-order chi connectivity index (χ1) is 8.13. The van der Waals surface area contributed by atoms with Crippen molar-refractivity contribution in [3.8, 4) is 5.69 Å². The van der Waals surface area contributed by atoms with Crippen LogP contribution in [-0.4, -0.2) is 17.6 Å². The van der Waals surface area contributed by atoms with E-state index in [1.165, 1.54) is 7.11 Å². The molecule has 2 rings (SSSR count). The number of esters is 1. The number of rotatable bonds is 2. The fourth-order valence-electron chi connectivity index (χ4n) is 1.58. The summed E-state index contributed by atoms with van der Waals surface area (Å²) in [6.45, 7) is 0. The summed E-state index contributed by atoms with van der Waals surface area (Å²) >= 11 is 9.34. The largest absolute Gasteiger partial charge is 0.465 e. The molecule has 0 saturated heterocycles. The monoisotopic (exact) mass is 313 g/mol. The predicted molar refractivity (Wildman–Crippen MR) is 69.8 cm³/mol. The lowest BCUT2D eigenvalue weighted by Crippen LogP contribution is -2.07. The maximum Gasteiger partial charge on any atom is 0.340 e. The normalized spacial score (nSPS) is 10.3. The van der Waals surface area contributed by atoms with Gasteiger partial charge in [0.2, 0.25) is 0 Å². The molecule has 0 fully saturated rings. The Bertz CT molecular complexity index is 552. The molecular weight excluding hydrogens is 305 g/mol. The second kappa shape index (κ2) is 4.94. The summed E-state index contributed by atoms with van der Waals surface area (Å²) in [5, 5.41) is 0.480. The van der Waals surface area contributed by atoms with Crippen LogP contribution >= 0.6 is 27.5 Å². The summed E-state index contributed by atoms with van der Waals surface area (Å²) in [5.41, 5.74) is 1.13. The van der Waals surface area contributed by atoms with Gasteiger partial charge in [0.1, 0.15) is 0 Å². The molecule has 2 aromatic rings. The zero-order valence-electron chi connectivity index (χ0n) is 8.98. The lowest BCUT2D eigenvalue weighted by Gasteiger charge is -2.12. The van der Waals surface area contributed by atoms with Crippen LogP contribution in [0.4, 0.5) is 0 Å². The molecule has 0 aliphatic carbocycles. The van der Waals surface area contributed by atoms with Crippen molar-refractivity contribution in [1.29, 1.82) is 0 Å². The van der Waals surface area contributed by atoms with E-state index in [0.717, 1.165) is 4.47 Å². The molecule has 0 radical (unpaired) electrons. The van der Waals surface area contributed by atoms with Gasteiger partial charge in [0, 0.05) is 21.9 Å². The van der Waals surface area contributed by atoms with Gasteiger partial charge in [-0.1, -0.05) is 11.6 Å². The molecule has 0 amide bonds. The lowest BCUT2D eigenvalue weighted by molar-refractivity contribution is 0.0600. The third-order valence-corrected chi connectivity index (χ3v) is 3.12. The van der Waals surface area contributed by atoms with E-state index in [2.05, 4.69) is 15.9 Å². The van der Waals surface area contributed by atoms with Crippen LogP contribution in [0.5, 0.6) is 0 Å². The molecule has 0 atom stereocenters. The van der Waals surface area contributed by atoms with Crippen molar-refractivity contribution >= 4 is 33.5 Å². The fraction of sp³-hybridized carbons (Fsp3) is 0.0833. The Morgan fingerprint density at radius 1 is 1.35 bits per heavy atom. The first-order valence-corrected chi connectivity index (χ1v) is 6.01. The molecule has 0 spiro atoms. The predicted octanol–water partition coefficient (Wildman–Crippen LogP) is 3.68. The molecular formula is C12H9BrClNO2. The minimum atomic E-state index is -0.420. The first kappa shape index (κ1) is 12.2. The van der Waals surface area contributed by atoms with Gasteiger partial charge in [-0.05, 0) is 40.2 Å². The van der Waals surface area contributed by atoms with Crippen molar-refractivity contribution in [3.05, 3.63) is 51.7 Å². The van der Waals surface area contributed by atoms with E-state index < -0.39 is 5.97 Å². The smallest absolute Gasteiger partial charge is 0.340 e. The highest BCUT2D eigenvalue weighted by Gasteiger charge is 2.17. The van der Waals surface area contributed by atoms with Crippen molar-refractivity contribution in [3.63, 3.8) is 0 Å². The quantitative estimate of drug-likeness (QED) is 0.792. The van der Waals surface area contributed by atoms with Crippen LogP contribution in [0.1, 0.15) is 10.4 Å². The average molecular weight is 315 g/mol. The molecule has 88 valence electrons. The minimum absolute atomic E-state index is 0.420. The highest BCUT2D eigenvalue weighted by Crippen LogP contribution is 2.29. The topological polar surface area (TPSA) is 31.2 Å². The van der Waals surface area contributed by atoms with Crippen molar-refractivity contribution in [2.24, 2.45) is 0 Å². The number of nitrogens with zero attached hydrogens (tertiary/aromatic N) is 1. The zero-order chi connectivity index (χ0) is 12.4. The third kappa shape index (κ3) is 2.37. The summed E-state index contributed by atoms with van der Waals surface area (Å²) in [6, 6.07) is 7.08. The summed E-state index contributed by atoms with van der Waals surface area (Å²) < 4.78 is 7.32. The van der Waals surface area contributed by atoms with E-state index in [1.807, 2.05) is 29.1 Å². The summed E-state index contributed by atoms with van der Waals surface area (Å²) in [4.78, 5) is 11.7. The molecule has 0 bridgehead atoms. The Kier molecular flexibility index (Phi) is 3.54. The second-order valence-corrected chi connectivity index (χ2v) is 4.66. The number of carbonyl (C=O) groups is 1. The molecule has 0 unspecified atom stereocenters. The maximum atomic E-state index is 11.7. The Balaban J connectivity index is 2.68. The van der Waals surface area contributed by atoms with Crippen molar-refractivity contribution < 1.29 is 9.53 Å². The van der Waals surface area contributed by atoms with Crippen LogP contribution < -0.4 is 0 Å². The Morgan fingerprint density at radius 3 is 2.59 bits per heavy atom. The van der Waals surface area contributed by atoms with E-state index in [-0.39, 0.29) is 0 Å².